The molecular weight excluding hydrogens is 592 g/mol. The molecule has 0 spiro atoms. The first-order valence-electron chi connectivity index (χ1n) is 14.8. The summed E-state index contributed by atoms with van der Waals surface area (Å²) in [5, 5.41) is 0. The van der Waals surface area contributed by atoms with Crippen molar-refractivity contribution < 1.29 is 61.9 Å². The molecule has 4 rings (SSSR count). The average Bonchev–Trinajstić information content (AvgIpc) is 3.61. The Morgan fingerprint density at radius 1 is 0.667 bits per heavy atom. The Kier molecular flexibility index (Phi) is 12.3. The Labute approximate surface area is 259 Å². The minimum Gasteiger partial charge on any atom is -0.466 e. The first-order chi connectivity index (χ1) is 21.7. The summed E-state index contributed by atoms with van der Waals surface area (Å²) >= 11 is 0. The van der Waals surface area contributed by atoms with Crippen molar-refractivity contribution in [3.05, 3.63) is 59.7 Å². The molecule has 13 heteroatoms. The largest absolute Gasteiger partial charge is 0.513 e. The molecule has 242 valence electrons. The zero-order chi connectivity index (χ0) is 32.2. The molecule has 2 aromatic rings. The highest BCUT2D eigenvalue weighted by atomic mass is 16.7. The maximum Gasteiger partial charge on any atom is 0.513 e. The topological polar surface area (TPSA) is 159 Å². The van der Waals surface area contributed by atoms with E-state index in [0.29, 0.717) is 19.4 Å². The molecule has 2 aliphatic rings. The van der Waals surface area contributed by atoms with Gasteiger partial charge in [0.15, 0.2) is 12.2 Å². The van der Waals surface area contributed by atoms with Crippen LogP contribution in [0, 0.1) is 0 Å². The van der Waals surface area contributed by atoms with Crippen LogP contribution in [0.5, 0.6) is 11.5 Å². The lowest BCUT2D eigenvalue weighted by Gasteiger charge is -2.17. The van der Waals surface area contributed by atoms with Gasteiger partial charge in [-0.05, 0) is 74.2 Å². The number of hydrogen-bond acceptors (Lipinski definition) is 13. The monoisotopic (exact) mass is 628 g/mol. The van der Waals surface area contributed by atoms with E-state index in [1.165, 1.54) is 55.5 Å². The van der Waals surface area contributed by atoms with Crippen LogP contribution in [0.1, 0.15) is 66.7 Å². The van der Waals surface area contributed by atoms with Gasteiger partial charge in [0.25, 0.3) is 0 Å². The van der Waals surface area contributed by atoms with Crippen LogP contribution in [-0.4, -0.2) is 80.9 Å². The fourth-order valence-electron chi connectivity index (χ4n) is 4.66. The molecule has 2 fully saturated rings. The van der Waals surface area contributed by atoms with Crippen LogP contribution in [-0.2, 0) is 38.0 Å². The Morgan fingerprint density at radius 2 is 1.18 bits per heavy atom. The van der Waals surface area contributed by atoms with Crippen molar-refractivity contribution in [2.45, 2.75) is 70.4 Å². The predicted octanol–water partition coefficient (Wildman–Crippen LogP) is 4.19. The van der Waals surface area contributed by atoms with E-state index in [1.807, 2.05) is 0 Å². The molecular formula is C32H36O13. The Hall–Kier alpha value is -4.49. The van der Waals surface area contributed by atoms with Gasteiger partial charge in [-0.3, -0.25) is 9.59 Å². The number of carbonyl (C=O) groups excluding carboxylic acids is 5. The number of rotatable bonds is 14. The summed E-state index contributed by atoms with van der Waals surface area (Å²) < 4.78 is 42.6. The zero-order valence-electron chi connectivity index (χ0n) is 25.1. The first kappa shape index (κ1) is 33.4. The van der Waals surface area contributed by atoms with Gasteiger partial charge in [0, 0.05) is 13.3 Å². The standard InChI is InChI=1S/C32H36O13/c1-3-27(34)38-16-6-4-5-7-17-39-32(37)44-24-14-10-21(11-15-24)30(35)43-23-12-8-22(9-13-23)31(36)45-26-19-41-28-25(42-20(2)33)18-40-29(26)28/h8-15,25-26,28-29H,3-7,16-19H2,1-2H3/t25-,26+,28?,29?/m1/s1. The van der Waals surface area contributed by atoms with Crippen molar-refractivity contribution in [1.82, 2.24) is 0 Å². The van der Waals surface area contributed by atoms with Gasteiger partial charge in [-0.15, -0.1) is 0 Å². The van der Waals surface area contributed by atoms with E-state index >= 15 is 0 Å². The molecule has 45 heavy (non-hydrogen) atoms. The lowest BCUT2D eigenvalue weighted by molar-refractivity contribution is -0.151. The smallest absolute Gasteiger partial charge is 0.466 e. The Morgan fingerprint density at radius 3 is 1.73 bits per heavy atom. The lowest BCUT2D eigenvalue weighted by Crippen LogP contribution is -2.35. The van der Waals surface area contributed by atoms with Gasteiger partial charge < -0.3 is 37.9 Å². The molecule has 2 aromatic carbocycles. The second kappa shape index (κ2) is 16.5. The van der Waals surface area contributed by atoms with Crippen LogP contribution in [0.25, 0.3) is 0 Å². The molecule has 2 heterocycles. The van der Waals surface area contributed by atoms with Gasteiger partial charge in [0.1, 0.15) is 23.7 Å². The fraction of sp³-hybridized carbons (Fsp3) is 0.469. The third kappa shape index (κ3) is 10.0. The van der Waals surface area contributed by atoms with Crippen molar-refractivity contribution in [3.8, 4) is 11.5 Å². The Balaban J connectivity index is 1.15. The van der Waals surface area contributed by atoms with Gasteiger partial charge in [-0.25, -0.2) is 14.4 Å². The maximum absolute atomic E-state index is 12.7. The molecule has 0 saturated carbocycles. The molecule has 0 aliphatic carbocycles. The SMILES string of the molecule is CCC(=O)OCCCCCCOC(=O)Oc1ccc(C(=O)Oc2ccc(C(=O)O[C@H]3COC4C3OC[C@H]4OC(C)=O)cc2)cc1. The van der Waals surface area contributed by atoms with Gasteiger partial charge >= 0.3 is 30.0 Å². The molecule has 0 N–H and O–H groups in total. The molecule has 0 bridgehead atoms. The summed E-state index contributed by atoms with van der Waals surface area (Å²) in [6.45, 7) is 3.90. The van der Waals surface area contributed by atoms with E-state index in [4.69, 9.17) is 37.9 Å². The highest BCUT2D eigenvalue weighted by Crippen LogP contribution is 2.31. The molecule has 0 aromatic heterocycles. The van der Waals surface area contributed by atoms with Crippen LogP contribution in [0.4, 0.5) is 4.79 Å². The van der Waals surface area contributed by atoms with Crippen molar-refractivity contribution in [2.75, 3.05) is 26.4 Å². The summed E-state index contributed by atoms with van der Waals surface area (Å²) in [5.74, 6) is -1.52. The normalized spacial score (nSPS) is 20.0. The average molecular weight is 629 g/mol. The number of benzene rings is 2. The summed E-state index contributed by atoms with van der Waals surface area (Å²) in [7, 11) is 0. The van der Waals surface area contributed by atoms with Crippen molar-refractivity contribution in [1.29, 1.82) is 0 Å². The van der Waals surface area contributed by atoms with Crippen LogP contribution in [0.15, 0.2) is 48.5 Å². The van der Waals surface area contributed by atoms with E-state index in [-0.39, 0.29) is 48.4 Å². The molecule has 0 amide bonds. The highest BCUT2D eigenvalue weighted by Gasteiger charge is 2.51. The lowest BCUT2D eigenvalue weighted by atomic mass is 10.1. The van der Waals surface area contributed by atoms with Crippen molar-refractivity contribution >= 4 is 30.0 Å². The van der Waals surface area contributed by atoms with E-state index < -0.39 is 48.5 Å². The summed E-state index contributed by atoms with van der Waals surface area (Å²) in [4.78, 5) is 59.5. The summed E-state index contributed by atoms with van der Waals surface area (Å²) in [6.07, 6.45) is 0.318. The number of unbranched alkanes of at least 4 members (excludes halogenated alkanes) is 3. The van der Waals surface area contributed by atoms with E-state index in [2.05, 4.69) is 0 Å². The summed E-state index contributed by atoms with van der Waals surface area (Å²) in [5.41, 5.74) is 0.444. The van der Waals surface area contributed by atoms with Crippen LogP contribution in [0.2, 0.25) is 0 Å². The molecule has 13 nitrogen and oxygen atoms in total. The van der Waals surface area contributed by atoms with Gasteiger partial charge in [0.05, 0.1) is 37.6 Å². The van der Waals surface area contributed by atoms with E-state index in [9.17, 15) is 24.0 Å². The minimum absolute atomic E-state index is 0.112. The number of fused-ring (bicyclic) bond motifs is 1. The van der Waals surface area contributed by atoms with Crippen molar-refractivity contribution in [3.63, 3.8) is 0 Å². The van der Waals surface area contributed by atoms with Gasteiger partial charge in [-0.2, -0.15) is 0 Å². The number of hydrogen-bond donors (Lipinski definition) is 0. The van der Waals surface area contributed by atoms with E-state index in [0.717, 1.165) is 19.3 Å². The molecule has 2 unspecified atom stereocenters. The highest BCUT2D eigenvalue weighted by molar-refractivity contribution is 5.92. The van der Waals surface area contributed by atoms with Crippen molar-refractivity contribution in [2.24, 2.45) is 0 Å². The third-order valence-corrected chi connectivity index (χ3v) is 6.94. The molecule has 4 atom stereocenters. The predicted molar refractivity (Wildman–Crippen MR) is 154 cm³/mol. The quantitative estimate of drug-likeness (QED) is 0.0964. The molecule has 2 saturated heterocycles. The molecule has 0 radical (unpaired) electrons. The Bertz CT molecular complexity index is 1320. The van der Waals surface area contributed by atoms with Gasteiger partial charge in [-0.1, -0.05) is 6.92 Å². The first-order valence-corrected chi connectivity index (χ1v) is 14.8. The number of carbonyl (C=O) groups is 5. The van der Waals surface area contributed by atoms with Crippen LogP contribution >= 0.6 is 0 Å². The number of esters is 4. The van der Waals surface area contributed by atoms with Crippen LogP contribution in [0.3, 0.4) is 0 Å². The molecule has 2 aliphatic heterocycles. The third-order valence-electron chi connectivity index (χ3n) is 6.94. The maximum atomic E-state index is 12.7. The summed E-state index contributed by atoms with van der Waals surface area (Å²) in [6, 6.07) is 11.6. The number of ether oxygens (including phenoxy) is 8. The van der Waals surface area contributed by atoms with Gasteiger partial charge in [0.2, 0.25) is 0 Å². The van der Waals surface area contributed by atoms with Crippen LogP contribution < -0.4 is 9.47 Å². The fourth-order valence-corrected chi connectivity index (χ4v) is 4.66. The van der Waals surface area contributed by atoms with E-state index in [1.54, 1.807) is 6.92 Å². The second-order valence-corrected chi connectivity index (χ2v) is 10.3. The minimum atomic E-state index is -0.858. The second-order valence-electron chi connectivity index (χ2n) is 10.3. The zero-order valence-corrected chi connectivity index (χ0v) is 25.1.